The maximum atomic E-state index is 10.7. The highest BCUT2D eigenvalue weighted by Crippen LogP contribution is 2.22. The van der Waals surface area contributed by atoms with E-state index in [-0.39, 0.29) is 0 Å². The second-order valence-corrected chi connectivity index (χ2v) is 3.96. The molecule has 0 fully saturated rings. The Morgan fingerprint density at radius 2 is 1.75 bits per heavy atom. The van der Waals surface area contributed by atoms with Gasteiger partial charge in [-0.2, -0.15) is 0 Å². The Morgan fingerprint density at radius 3 is 2.05 bits per heavy atom. The van der Waals surface area contributed by atoms with Crippen molar-refractivity contribution in [1.82, 2.24) is 4.90 Å². The van der Waals surface area contributed by atoms with Gasteiger partial charge in [0.25, 0.3) is 5.69 Å². The Morgan fingerprint density at radius 1 is 1.25 bits per heavy atom. The van der Waals surface area contributed by atoms with Crippen LogP contribution >= 0.6 is 0 Å². The van der Waals surface area contributed by atoms with Crippen LogP contribution in [-0.2, 0) is 0 Å². The van der Waals surface area contributed by atoms with E-state index in [4.69, 9.17) is 10.2 Å². The second kappa shape index (κ2) is 7.85. The Labute approximate surface area is 115 Å². The van der Waals surface area contributed by atoms with Crippen molar-refractivity contribution in [3.8, 4) is 0 Å². The first-order valence-corrected chi connectivity index (χ1v) is 5.61. The van der Waals surface area contributed by atoms with E-state index in [1.54, 1.807) is 0 Å². The summed E-state index contributed by atoms with van der Waals surface area (Å²) in [7, 11) is 4.11. The maximum absolute atomic E-state index is 10.7. The molecule has 0 radical (unpaired) electrons. The first-order valence-electron chi connectivity index (χ1n) is 5.61. The van der Waals surface area contributed by atoms with E-state index in [2.05, 4.69) is 25.9 Å². The minimum Gasteiger partial charge on any atom is -0.478 e. The van der Waals surface area contributed by atoms with Gasteiger partial charge in [-0.15, -0.1) is 0 Å². The molecule has 0 aliphatic carbocycles. The number of aromatic carboxylic acids is 2. The van der Waals surface area contributed by atoms with E-state index in [9.17, 15) is 19.7 Å². The number of nitro groups is 1. The molecule has 1 aromatic carbocycles. The molecule has 0 amide bonds. The third-order valence-electron chi connectivity index (χ3n) is 2.32. The van der Waals surface area contributed by atoms with Crippen molar-refractivity contribution in [2.45, 2.75) is 6.92 Å². The summed E-state index contributed by atoms with van der Waals surface area (Å²) >= 11 is 0. The van der Waals surface area contributed by atoms with Gasteiger partial charge in [-0.1, -0.05) is 13.0 Å². The summed E-state index contributed by atoms with van der Waals surface area (Å²) in [5, 5.41) is 27.8. The van der Waals surface area contributed by atoms with Gasteiger partial charge in [0.2, 0.25) is 0 Å². The number of benzene rings is 1. The highest BCUT2D eigenvalue weighted by molar-refractivity contribution is 6.04. The van der Waals surface area contributed by atoms with E-state index in [1.807, 2.05) is 0 Å². The molecule has 0 spiro atoms. The van der Waals surface area contributed by atoms with Gasteiger partial charge >= 0.3 is 11.9 Å². The lowest BCUT2D eigenvalue weighted by Gasteiger charge is -2.01. The molecule has 1 aromatic rings. The molecule has 0 saturated heterocycles. The van der Waals surface area contributed by atoms with Crippen LogP contribution in [0.4, 0.5) is 5.69 Å². The Balaban J connectivity index is 0.000000621. The fraction of sp³-hybridized carbons (Fsp3) is 0.333. The van der Waals surface area contributed by atoms with Crippen molar-refractivity contribution in [2.75, 3.05) is 20.6 Å². The van der Waals surface area contributed by atoms with Crippen LogP contribution in [-0.4, -0.2) is 52.6 Å². The van der Waals surface area contributed by atoms with Crippen LogP contribution in [0.2, 0.25) is 0 Å². The lowest BCUT2D eigenvalue weighted by atomic mass is 10.1. The molecule has 0 atom stereocenters. The number of hydrogen-bond donors (Lipinski definition) is 2. The lowest BCUT2D eigenvalue weighted by Crippen LogP contribution is -2.10. The van der Waals surface area contributed by atoms with Crippen molar-refractivity contribution >= 4 is 17.6 Å². The highest BCUT2D eigenvalue weighted by Gasteiger charge is 2.26. The van der Waals surface area contributed by atoms with Gasteiger partial charge < -0.3 is 15.1 Å². The summed E-state index contributed by atoms with van der Waals surface area (Å²) in [5.74, 6) is -3.16. The molecule has 20 heavy (non-hydrogen) atoms. The zero-order valence-corrected chi connectivity index (χ0v) is 11.4. The molecule has 0 aliphatic rings. The molecule has 2 N–H and O–H groups in total. The summed E-state index contributed by atoms with van der Waals surface area (Å²) in [6.07, 6.45) is 0. The molecule has 0 saturated carbocycles. The Hall–Kier alpha value is -2.48. The number of nitrogens with zero attached hydrogens (tertiary/aromatic N) is 2. The SMILES string of the molecule is CCN(C)C.O=C(O)c1cccc([N+](=O)[O-])c1C(=O)O. The monoisotopic (exact) mass is 284 g/mol. The predicted molar refractivity (Wildman–Crippen MR) is 71.2 cm³/mol. The van der Waals surface area contributed by atoms with Gasteiger partial charge in [-0.05, 0) is 26.7 Å². The first-order chi connectivity index (χ1) is 9.22. The summed E-state index contributed by atoms with van der Waals surface area (Å²) in [6, 6.07) is 3.06. The molecule has 1 rings (SSSR count). The number of carboxylic acid groups (broad SMARTS) is 2. The van der Waals surface area contributed by atoms with Crippen LogP contribution in [0.1, 0.15) is 27.6 Å². The zero-order valence-electron chi connectivity index (χ0n) is 11.4. The molecule has 8 heteroatoms. The van der Waals surface area contributed by atoms with E-state index in [1.165, 1.54) is 0 Å². The normalized spacial score (nSPS) is 9.60. The third kappa shape index (κ3) is 5.02. The van der Waals surface area contributed by atoms with E-state index in [0.29, 0.717) is 0 Å². The van der Waals surface area contributed by atoms with Crippen LogP contribution in [0.3, 0.4) is 0 Å². The summed E-state index contributed by atoms with van der Waals surface area (Å²) in [4.78, 5) is 32.9. The molecule has 0 aliphatic heterocycles. The standard InChI is InChI=1S/C8H5NO6.C4H11N/c10-7(11)4-2-1-3-5(9(14)15)6(4)8(12)13;1-4-5(2)3/h1-3H,(H,10,11)(H,12,13);4H2,1-3H3. The molecule has 110 valence electrons. The average molecular weight is 284 g/mol. The van der Waals surface area contributed by atoms with Crippen LogP contribution in [0, 0.1) is 10.1 Å². The maximum Gasteiger partial charge on any atom is 0.343 e. The molecule has 0 unspecified atom stereocenters. The molecule has 0 bridgehead atoms. The van der Waals surface area contributed by atoms with Gasteiger partial charge in [-0.3, -0.25) is 10.1 Å². The fourth-order valence-electron chi connectivity index (χ4n) is 1.10. The quantitative estimate of drug-likeness (QED) is 0.635. The van der Waals surface area contributed by atoms with E-state index in [0.717, 1.165) is 24.7 Å². The highest BCUT2D eigenvalue weighted by atomic mass is 16.6. The van der Waals surface area contributed by atoms with Crippen molar-refractivity contribution in [2.24, 2.45) is 0 Å². The van der Waals surface area contributed by atoms with Crippen LogP contribution < -0.4 is 0 Å². The summed E-state index contributed by atoms with van der Waals surface area (Å²) < 4.78 is 0. The summed E-state index contributed by atoms with van der Waals surface area (Å²) in [5.41, 5.74) is -2.14. The Bertz CT molecular complexity index is 480. The van der Waals surface area contributed by atoms with E-state index >= 15 is 0 Å². The largest absolute Gasteiger partial charge is 0.478 e. The Kier molecular flexibility index (Phi) is 6.87. The lowest BCUT2D eigenvalue weighted by molar-refractivity contribution is -0.385. The number of hydrogen-bond acceptors (Lipinski definition) is 5. The van der Waals surface area contributed by atoms with Crippen LogP contribution in [0.5, 0.6) is 0 Å². The molecule has 0 aromatic heterocycles. The minimum atomic E-state index is -1.64. The predicted octanol–water partition coefficient (Wildman–Crippen LogP) is 1.56. The van der Waals surface area contributed by atoms with Gasteiger partial charge in [0, 0.05) is 6.07 Å². The third-order valence-corrected chi connectivity index (χ3v) is 2.32. The summed E-state index contributed by atoms with van der Waals surface area (Å²) in [6.45, 7) is 3.26. The van der Waals surface area contributed by atoms with Crippen LogP contribution in [0.25, 0.3) is 0 Å². The first kappa shape index (κ1) is 17.5. The average Bonchev–Trinajstić information content (AvgIpc) is 2.38. The van der Waals surface area contributed by atoms with Gasteiger partial charge in [0.1, 0.15) is 0 Å². The fourth-order valence-corrected chi connectivity index (χ4v) is 1.10. The van der Waals surface area contributed by atoms with E-state index < -0.39 is 33.7 Å². The van der Waals surface area contributed by atoms with Crippen molar-refractivity contribution < 1.29 is 24.7 Å². The molecule has 8 nitrogen and oxygen atoms in total. The number of carboxylic acids is 2. The van der Waals surface area contributed by atoms with Gasteiger partial charge in [0.05, 0.1) is 10.5 Å². The van der Waals surface area contributed by atoms with Crippen molar-refractivity contribution in [3.63, 3.8) is 0 Å². The van der Waals surface area contributed by atoms with Gasteiger partial charge in [-0.25, -0.2) is 9.59 Å². The number of carbonyl (C=O) groups is 2. The number of rotatable bonds is 4. The molecular formula is C12H16N2O6. The molecular weight excluding hydrogens is 268 g/mol. The minimum absolute atomic E-state index is 0.600. The zero-order chi connectivity index (χ0) is 15.9. The van der Waals surface area contributed by atoms with Crippen molar-refractivity contribution in [3.05, 3.63) is 39.4 Å². The van der Waals surface area contributed by atoms with Crippen LogP contribution in [0.15, 0.2) is 18.2 Å². The smallest absolute Gasteiger partial charge is 0.343 e. The number of nitro benzene ring substituents is 1. The van der Waals surface area contributed by atoms with Gasteiger partial charge in [0.15, 0.2) is 5.56 Å². The van der Waals surface area contributed by atoms with Crippen molar-refractivity contribution in [1.29, 1.82) is 0 Å². The molecule has 0 heterocycles. The second-order valence-electron chi connectivity index (χ2n) is 3.96. The topological polar surface area (TPSA) is 121 Å².